The van der Waals surface area contributed by atoms with Crippen LogP contribution in [0, 0.1) is 5.82 Å². The third kappa shape index (κ3) is 3.28. The van der Waals surface area contributed by atoms with Crippen molar-refractivity contribution in [2.24, 2.45) is 0 Å². The summed E-state index contributed by atoms with van der Waals surface area (Å²) >= 11 is 3.20. The molecule has 1 saturated heterocycles. The number of β-amino-alcohol motifs (C(OH)–C–C–N with tert-alkyl or cyclic N) is 1. The number of hydrogen-bond acceptors (Lipinski definition) is 4. The van der Waals surface area contributed by atoms with Gasteiger partial charge in [0.25, 0.3) is 5.91 Å². The standard InChI is InChI=1S/C13H17BrFN3O2/c14-10-8-11(15)12(16)7-9(10)13(20)18-3-1-17(2-4-18)5-6-19/h7-8,19H,1-6,16H2. The number of carbonyl (C=O) groups excluding carboxylic acids is 1. The first kappa shape index (κ1) is 15.2. The van der Waals surface area contributed by atoms with E-state index < -0.39 is 5.82 Å². The van der Waals surface area contributed by atoms with Crippen molar-refractivity contribution in [1.82, 2.24) is 9.80 Å². The van der Waals surface area contributed by atoms with E-state index in [4.69, 9.17) is 10.8 Å². The lowest BCUT2D eigenvalue weighted by Gasteiger charge is -2.34. The van der Waals surface area contributed by atoms with Crippen LogP contribution in [0.3, 0.4) is 0 Å². The number of aliphatic hydroxyl groups is 1. The summed E-state index contributed by atoms with van der Waals surface area (Å²) in [6.07, 6.45) is 0. The number of halogens is 2. The SMILES string of the molecule is Nc1cc(C(=O)N2CCN(CCO)CC2)c(Br)cc1F. The van der Waals surface area contributed by atoms with Gasteiger partial charge in [0, 0.05) is 37.2 Å². The van der Waals surface area contributed by atoms with E-state index in [1.165, 1.54) is 12.1 Å². The summed E-state index contributed by atoms with van der Waals surface area (Å²) in [5, 5.41) is 8.89. The van der Waals surface area contributed by atoms with Gasteiger partial charge in [0.05, 0.1) is 17.9 Å². The Morgan fingerprint density at radius 1 is 1.35 bits per heavy atom. The molecule has 1 fully saturated rings. The number of piperazine rings is 1. The summed E-state index contributed by atoms with van der Waals surface area (Å²) in [4.78, 5) is 16.2. The zero-order valence-corrected chi connectivity index (χ0v) is 12.6. The van der Waals surface area contributed by atoms with Crippen molar-refractivity contribution in [2.45, 2.75) is 0 Å². The Morgan fingerprint density at radius 2 is 2.00 bits per heavy atom. The number of nitrogen functional groups attached to an aromatic ring is 1. The van der Waals surface area contributed by atoms with Crippen molar-refractivity contribution in [3.05, 3.63) is 28.0 Å². The van der Waals surface area contributed by atoms with E-state index in [2.05, 4.69) is 20.8 Å². The quantitative estimate of drug-likeness (QED) is 0.799. The van der Waals surface area contributed by atoms with Crippen molar-refractivity contribution >= 4 is 27.5 Å². The van der Waals surface area contributed by atoms with Crippen molar-refractivity contribution in [1.29, 1.82) is 0 Å². The fraction of sp³-hybridized carbons (Fsp3) is 0.462. The van der Waals surface area contributed by atoms with Crippen LogP contribution >= 0.6 is 15.9 Å². The minimum atomic E-state index is -0.541. The molecule has 0 bridgehead atoms. The molecule has 3 N–H and O–H groups in total. The van der Waals surface area contributed by atoms with E-state index >= 15 is 0 Å². The molecule has 0 aromatic heterocycles. The molecule has 0 aliphatic carbocycles. The summed E-state index contributed by atoms with van der Waals surface area (Å²) in [6, 6.07) is 2.58. The second-order valence-corrected chi connectivity index (χ2v) is 5.57. The molecule has 2 rings (SSSR count). The van der Waals surface area contributed by atoms with E-state index in [0.29, 0.717) is 29.7 Å². The summed E-state index contributed by atoms with van der Waals surface area (Å²) in [5.74, 6) is -0.701. The van der Waals surface area contributed by atoms with Crippen molar-refractivity contribution in [2.75, 3.05) is 45.1 Å². The van der Waals surface area contributed by atoms with E-state index in [-0.39, 0.29) is 18.2 Å². The largest absolute Gasteiger partial charge is 0.396 e. The van der Waals surface area contributed by atoms with E-state index in [1.54, 1.807) is 4.90 Å². The molecule has 5 nitrogen and oxygen atoms in total. The lowest BCUT2D eigenvalue weighted by Crippen LogP contribution is -2.49. The molecule has 1 aromatic rings. The first-order chi connectivity index (χ1) is 9.52. The zero-order valence-electron chi connectivity index (χ0n) is 11.0. The highest BCUT2D eigenvalue weighted by atomic mass is 79.9. The van der Waals surface area contributed by atoms with Crippen LogP contribution in [0.15, 0.2) is 16.6 Å². The maximum absolute atomic E-state index is 13.3. The fourth-order valence-electron chi connectivity index (χ4n) is 2.22. The van der Waals surface area contributed by atoms with Gasteiger partial charge >= 0.3 is 0 Å². The molecule has 1 aromatic carbocycles. The monoisotopic (exact) mass is 345 g/mol. The van der Waals surface area contributed by atoms with Crippen LogP contribution in [0.2, 0.25) is 0 Å². The average Bonchev–Trinajstić information content (AvgIpc) is 2.43. The van der Waals surface area contributed by atoms with Gasteiger partial charge in [-0.3, -0.25) is 9.69 Å². The number of rotatable bonds is 3. The summed E-state index contributed by atoms with van der Waals surface area (Å²) < 4.78 is 13.7. The third-order valence-corrected chi connectivity index (χ3v) is 4.05. The van der Waals surface area contributed by atoms with E-state index in [1.807, 2.05) is 0 Å². The predicted octanol–water partition coefficient (Wildman–Crippen LogP) is 0.921. The van der Waals surface area contributed by atoms with Gasteiger partial charge in [-0.1, -0.05) is 0 Å². The summed E-state index contributed by atoms with van der Waals surface area (Å²) in [6.45, 7) is 3.36. The molecule has 1 heterocycles. The van der Waals surface area contributed by atoms with Crippen LogP contribution in [-0.2, 0) is 0 Å². The molecule has 0 unspecified atom stereocenters. The number of hydrogen-bond donors (Lipinski definition) is 2. The van der Waals surface area contributed by atoms with Crippen LogP contribution < -0.4 is 5.73 Å². The van der Waals surface area contributed by atoms with Crippen molar-refractivity contribution in [3.8, 4) is 0 Å². The second kappa shape index (κ2) is 6.51. The Balaban J connectivity index is 2.07. The lowest BCUT2D eigenvalue weighted by molar-refractivity contribution is 0.0614. The Kier molecular flexibility index (Phi) is 4.95. The maximum Gasteiger partial charge on any atom is 0.255 e. The van der Waals surface area contributed by atoms with Crippen molar-refractivity contribution < 1.29 is 14.3 Å². The second-order valence-electron chi connectivity index (χ2n) is 4.71. The van der Waals surface area contributed by atoms with Gasteiger partial charge in [-0.2, -0.15) is 0 Å². The van der Waals surface area contributed by atoms with Crippen LogP contribution in [0.25, 0.3) is 0 Å². The molecule has 0 spiro atoms. The fourth-order valence-corrected chi connectivity index (χ4v) is 2.70. The topological polar surface area (TPSA) is 69.8 Å². The minimum absolute atomic E-state index is 0.0320. The molecule has 0 saturated carbocycles. The Labute approximate surface area is 125 Å². The third-order valence-electron chi connectivity index (χ3n) is 3.39. The molecule has 1 aliphatic heterocycles. The van der Waals surface area contributed by atoms with Crippen molar-refractivity contribution in [3.63, 3.8) is 0 Å². The molecule has 1 amide bonds. The number of amides is 1. The Hall–Kier alpha value is -1.18. The summed E-state index contributed by atoms with van der Waals surface area (Å²) in [7, 11) is 0. The normalized spacial score (nSPS) is 16.4. The highest BCUT2D eigenvalue weighted by Gasteiger charge is 2.24. The molecule has 7 heteroatoms. The van der Waals surface area contributed by atoms with Gasteiger partial charge in [-0.05, 0) is 28.1 Å². The van der Waals surface area contributed by atoms with Gasteiger partial charge in [-0.15, -0.1) is 0 Å². The Morgan fingerprint density at radius 3 is 2.60 bits per heavy atom. The predicted molar refractivity (Wildman–Crippen MR) is 77.9 cm³/mol. The van der Waals surface area contributed by atoms with Gasteiger partial charge < -0.3 is 15.7 Å². The van der Waals surface area contributed by atoms with E-state index in [0.717, 1.165) is 13.1 Å². The maximum atomic E-state index is 13.3. The molecule has 1 aliphatic rings. The number of carbonyl (C=O) groups is 1. The van der Waals surface area contributed by atoms with Gasteiger partial charge in [0.1, 0.15) is 5.82 Å². The van der Waals surface area contributed by atoms with Crippen LogP contribution in [0.1, 0.15) is 10.4 Å². The number of anilines is 1. The first-order valence-electron chi connectivity index (χ1n) is 6.40. The number of nitrogens with two attached hydrogens (primary N) is 1. The Bertz CT molecular complexity index is 505. The van der Waals surface area contributed by atoms with Crippen LogP contribution in [0.5, 0.6) is 0 Å². The van der Waals surface area contributed by atoms with Gasteiger partial charge in [0.15, 0.2) is 0 Å². The van der Waals surface area contributed by atoms with E-state index in [9.17, 15) is 9.18 Å². The van der Waals surface area contributed by atoms with Crippen LogP contribution in [-0.4, -0.2) is 60.1 Å². The molecule has 110 valence electrons. The lowest BCUT2D eigenvalue weighted by atomic mass is 10.1. The molecule has 0 radical (unpaired) electrons. The number of aliphatic hydroxyl groups excluding tert-OH is 1. The van der Waals surface area contributed by atoms with Gasteiger partial charge in [0.2, 0.25) is 0 Å². The molecule has 0 atom stereocenters. The summed E-state index contributed by atoms with van der Waals surface area (Å²) in [5.41, 5.74) is 5.86. The highest BCUT2D eigenvalue weighted by Crippen LogP contribution is 2.24. The zero-order chi connectivity index (χ0) is 14.7. The number of nitrogens with zero attached hydrogens (tertiary/aromatic N) is 2. The smallest absolute Gasteiger partial charge is 0.255 e. The first-order valence-corrected chi connectivity index (χ1v) is 7.19. The van der Waals surface area contributed by atoms with Gasteiger partial charge in [-0.25, -0.2) is 4.39 Å². The highest BCUT2D eigenvalue weighted by molar-refractivity contribution is 9.10. The molecular weight excluding hydrogens is 329 g/mol. The number of benzene rings is 1. The van der Waals surface area contributed by atoms with Crippen LogP contribution in [0.4, 0.5) is 10.1 Å². The molecular formula is C13H17BrFN3O2. The minimum Gasteiger partial charge on any atom is -0.396 e. The molecule has 20 heavy (non-hydrogen) atoms. The average molecular weight is 346 g/mol.